The third-order valence-electron chi connectivity index (χ3n) is 2.67. The van der Waals surface area contributed by atoms with E-state index in [2.05, 4.69) is 32.9 Å². The molecule has 0 bridgehead atoms. The number of aromatic amines is 1. The Bertz CT molecular complexity index is 477. The van der Waals surface area contributed by atoms with Gasteiger partial charge >= 0.3 is 0 Å². The van der Waals surface area contributed by atoms with Crippen molar-refractivity contribution >= 4 is 28.5 Å². The molecule has 2 N–H and O–H groups in total. The zero-order chi connectivity index (χ0) is 11.7. The van der Waals surface area contributed by atoms with Crippen molar-refractivity contribution in [1.29, 1.82) is 0 Å². The Hall–Kier alpha value is -0.850. The average Bonchev–Trinajstić information content (AvgIpc) is 3.03. The van der Waals surface area contributed by atoms with Crippen LogP contribution in [0.2, 0.25) is 0 Å². The van der Waals surface area contributed by atoms with Crippen molar-refractivity contribution in [2.24, 2.45) is 5.92 Å². The van der Waals surface area contributed by atoms with E-state index < -0.39 is 0 Å². The lowest BCUT2D eigenvalue weighted by Gasteiger charge is -2.05. The number of carbonyl (C=O) groups is 1. The third-order valence-corrected chi connectivity index (χ3v) is 3.79. The summed E-state index contributed by atoms with van der Waals surface area (Å²) in [6.45, 7) is 2.50. The largest absolute Gasteiger partial charge is 0.352 e. The van der Waals surface area contributed by atoms with Gasteiger partial charge in [-0.3, -0.25) is 9.59 Å². The summed E-state index contributed by atoms with van der Waals surface area (Å²) in [7, 11) is 0. The highest BCUT2D eigenvalue weighted by atomic mass is 127. The molecule has 86 valence electrons. The summed E-state index contributed by atoms with van der Waals surface area (Å²) in [5.74, 6) is 0.346. The minimum Gasteiger partial charge on any atom is -0.352 e. The number of aromatic nitrogens is 1. The standard InChI is InChI=1S/C11H13IN2O2/c1-6-9(12)4-8(11(16)14-6)10(15)13-5-7-2-3-7/h4,7H,2-3,5H2,1H3,(H,13,15)(H,14,16). The monoisotopic (exact) mass is 332 g/mol. The molecule has 0 atom stereocenters. The van der Waals surface area contributed by atoms with Crippen LogP contribution in [0.15, 0.2) is 10.9 Å². The highest BCUT2D eigenvalue weighted by Crippen LogP contribution is 2.27. The van der Waals surface area contributed by atoms with Gasteiger partial charge in [0, 0.05) is 15.8 Å². The van der Waals surface area contributed by atoms with E-state index in [0.29, 0.717) is 12.5 Å². The van der Waals surface area contributed by atoms with E-state index in [-0.39, 0.29) is 17.0 Å². The van der Waals surface area contributed by atoms with Crippen LogP contribution in [0.4, 0.5) is 0 Å². The normalized spacial score (nSPS) is 14.9. The Labute approximate surface area is 107 Å². The maximum Gasteiger partial charge on any atom is 0.261 e. The third kappa shape index (κ3) is 2.63. The first-order chi connectivity index (χ1) is 7.58. The number of carbonyl (C=O) groups excluding carboxylic acids is 1. The minimum atomic E-state index is -0.314. The fraction of sp³-hybridized carbons (Fsp3) is 0.455. The van der Waals surface area contributed by atoms with Gasteiger partial charge in [0.05, 0.1) is 0 Å². The van der Waals surface area contributed by atoms with E-state index in [1.165, 1.54) is 12.8 Å². The van der Waals surface area contributed by atoms with E-state index in [9.17, 15) is 9.59 Å². The Morgan fingerprint density at radius 1 is 1.62 bits per heavy atom. The van der Waals surface area contributed by atoms with Gasteiger partial charge in [-0.25, -0.2) is 0 Å². The van der Waals surface area contributed by atoms with Crippen molar-refractivity contribution in [3.63, 3.8) is 0 Å². The van der Waals surface area contributed by atoms with Gasteiger partial charge in [0.15, 0.2) is 0 Å². The lowest BCUT2D eigenvalue weighted by molar-refractivity contribution is 0.0950. The molecule has 1 aromatic rings. The molecule has 1 aliphatic rings. The summed E-state index contributed by atoms with van der Waals surface area (Å²) in [6, 6.07) is 1.64. The lowest BCUT2D eigenvalue weighted by atomic mass is 10.2. The minimum absolute atomic E-state index is 0.204. The highest BCUT2D eigenvalue weighted by molar-refractivity contribution is 14.1. The molecule has 1 aliphatic carbocycles. The van der Waals surface area contributed by atoms with Crippen molar-refractivity contribution < 1.29 is 4.79 Å². The fourth-order valence-electron chi connectivity index (χ4n) is 1.42. The number of amides is 1. The summed E-state index contributed by atoms with van der Waals surface area (Å²) in [5.41, 5.74) is 0.686. The molecule has 1 saturated carbocycles. The average molecular weight is 332 g/mol. The molecule has 1 amide bonds. The number of aryl methyl sites for hydroxylation is 1. The molecule has 0 spiro atoms. The summed E-state index contributed by atoms with van der Waals surface area (Å²) in [6.07, 6.45) is 2.37. The molecule has 1 fully saturated rings. The molecule has 16 heavy (non-hydrogen) atoms. The Morgan fingerprint density at radius 2 is 2.31 bits per heavy atom. The number of hydrogen-bond donors (Lipinski definition) is 2. The van der Waals surface area contributed by atoms with Crippen molar-refractivity contribution in [3.05, 3.63) is 31.2 Å². The SMILES string of the molecule is Cc1[nH]c(=O)c(C(=O)NCC2CC2)cc1I. The topological polar surface area (TPSA) is 62.0 Å². The summed E-state index contributed by atoms with van der Waals surface area (Å²) >= 11 is 2.10. The second-order valence-corrected chi connectivity index (χ2v) is 5.30. The van der Waals surface area contributed by atoms with Gasteiger partial charge in [-0.15, -0.1) is 0 Å². The van der Waals surface area contributed by atoms with Gasteiger partial charge in [0.2, 0.25) is 0 Å². The maximum atomic E-state index is 11.7. The molecule has 0 aliphatic heterocycles. The number of halogens is 1. The number of pyridine rings is 1. The first-order valence-corrected chi connectivity index (χ1v) is 6.33. The van der Waals surface area contributed by atoms with Crippen LogP contribution in [0.3, 0.4) is 0 Å². The summed E-state index contributed by atoms with van der Waals surface area (Å²) in [5, 5.41) is 2.79. The fourth-order valence-corrected chi connectivity index (χ4v) is 1.87. The van der Waals surface area contributed by atoms with E-state index >= 15 is 0 Å². The van der Waals surface area contributed by atoms with Crippen molar-refractivity contribution in [3.8, 4) is 0 Å². The molecular formula is C11H13IN2O2. The second kappa shape index (κ2) is 4.57. The molecule has 0 saturated heterocycles. The number of H-pyrrole nitrogens is 1. The van der Waals surface area contributed by atoms with Gasteiger partial charge in [-0.2, -0.15) is 0 Å². The first kappa shape index (κ1) is 11.6. The Balaban J connectivity index is 2.15. The molecule has 0 radical (unpaired) electrons. The summed E-state index contributed by atoms with van der Waals surface area (Å²) in [4.78, 5) is 26.0. The van der Waals surface area contributed by atoms with Crippen LogP contribution >= 0.6 is 22.6 Å². The Morgan fingerprint density at radius 3 is 2.94 bits per heavy atom. The van der Waals surface area contributed by atoms with Crippen LogP contribution in [-0.2, 0) is 0 Å². The van der Waals surface area contributed by atoms with Crippen molar-refractivity contribution in [2.75, 3.05) is 6.54 Å². The molecule has 0 unspecified atom stereocenters. The van der Waals surface area contributed by atoms with Gasteiger partial charge < -0.3 is 10.3 Å². The quantitative estimate of drug-likeness (QED) is 0.823. The van der Waals surface area contributed by atoms with E-state index in [1.54, 1.807) is 6.07 Å². The zero-order valence-electron chi connectivity index (χ0n) is 8.97. The van der Waals surface area contributed by atoms with Crippen LogP contribution in [0.1, 0.15) is 28.9 Å². The maximum absolute atomic E-state index is 11.7. The lowest BCUT2D eigenvalue weighted by Crippen LogP contribution is -2.31. The predicted molar refractivity (Wildman–Crippen MR) is 69.6 cm³/mol. The van der Waals surface area contributed by atoms with E-state index in [1.807, 2.05) is 6.92 Å². The molecule has 1 aromatic heterocycles. The Kier molecular flexibility index (Phi) is 3.32. The highest BCUT2D eigenvalue weighted by Gasteiger charge is 2.22. The number of rotatable bonds is 3. The van der Waals surface area contributed by atoms with Crippen LogP contribution in [0.5, 0.6) is 0 Å². The van der Waals surface area contributed by atoms with E-state index in [4.69, 9.17) is 0 Å². The molecule has 2 rings (SSSR count). The van der Waals surface area contributed by atoms with Gasteiger partial charge in [0.25, 0.3) is 11.5 Å². The number of nitrogens with one attached hydrogen (secondary N) is 2. The van der Waals surface area contributed by atoms with E-state index in [0.717, 1.165) is 9.26 Å². The molecule has 1 heterocycles. The van der Waals surface area contributed by atoms with Crippen LogP contribution in [0, 0.1) is 16.4 Å². The van der Waals surface area contributed by atoms with Crippen LogP contribution in [-0.4, -0.2) is 17.4 Å². The first-order valence-electron chi connectivity index (χ1n) is 5.25. The summed E-state index contributed by atoms with van der Waals surface area (Å²) < 4.78 is 0.897. The van der Waals surface area contributed by atoms with Crippen molar-refractivity contribution in [2.45, 2.75) is 19.8 Å². The molecule has 0 aromatic carbocycles. The molecule has 5 heteroatoms. The zero-order valence-corrected chi connectivity index (χ0v) is 11.1. The van der Waals surface area contributed by atoms with Gasteiger partial charge in [-0.05, 0) is 54.3 Å². The van der Waals surface area contributed by atoms with Gasteiger partial charge in [-0.1, -0.05) is 0 Å². The van der Waals surface area contributed by atoms with Gasteiger partial charge in [0.1, 0.15) is 5.56 Å². The molecular weight excluding hydrogens is 319 g/mol. The van der Waals surface area contributed by atoms with Crippen LogP contribution in [0.25, 0.3) is 0 Å². The predicted octanol–water partition coefficient (Wildman–Crippen LogP) is 1.43. The number of hydrogen-bond acceptors (Lipinski definition) is 2. The molecule has 4 nitrogen and oxygen atoms in total. The second-order valence-electron chi connectivity index (χ2n) is 4.14. The van der Waals surface area contributed by atoms with Crippen molar-refractivity contribution in [1.82, 2.24) is 10.3 Å². The van der Waals surface area contributed by atoms with Crippen LogP contribution < -0.4 is 10.9 Å². The smallest absolute Gasteiger partial charge is 0.261 e.